The first-order valence-corrected chi connectivity index (χ1v) is 8.69. The molecule has 0 aliphatic heterocycles. The molecule has 0 saturated carbocycles. The molecule has 1 amide bonds. The van der Waals surface area contributed by atoms with Gasteiger partial charge in [-0.05, 0) is 36.8 Å². The minimum absolute atomic E-state index is 0.0762. The largest absolute Gasteiger partial charge is 0.331 e. The molecular weight excluding hydrogens is 358 g/mol. The van der Waals surface area contributed by atoms with Crippen molar-refractivity contribution < 1.29 is 9.59 Å². The second-order valence-corrected chi connectivity index (χ2v) is 6.32. The molecule has 0 spiro atoms. The molecule has 142 valence electrons. The van der Waals surface area contributed by atoms with Gasteiger partial charge in [0.1, 0.15) is 6.54 Å². The lowest BCUT2D eigenvalue weighted by molar-refractivity contribution is -0.116. The van der Waals surface area contributed by atoms with Crippen molar-refractivity contribution in [3.05, 3.63) is 98.8 Å². The van der Waals surface area contributed by atoms with Crippen LogP contribution in [-0.2, 0) is 17.9 Å². The molecule has 7 nitrogen and oxygen atoms in total. The zero-order valence-electron chi connectivity index (χ0n) is 15.3. The molecule has 3 rings (SSSR count). The van der Waals surface area contributed by atoms with Crippen LogP contribution in [0, 0.1) is 0 Å². The Bertz CT molecular complexity index is 1110. The number of rotatable bonds is 6. The molecule has 1 aromatic heterocycles. The Morgan fingerprint density at radius 2 is 1.61 bits per heavy atom. The quantitative estimate of drug-likeness (QED) is 0.665. The summed E-state index contributed by atoms with van der Waals surface area (Å²) < 4.78 is 2.27. The molecule has 0 bridgehead atoms. The first kappa shape index (κ1) is 19.0. The normalized spacial score (nSPS) is 10.5. The Balaban J connectivity index is 1.76. The zero-order valence-corrected chi connectivity index (χ0v) is 15.3. The van der Waals surface area contributed by atoms with Crippen LogP contribution in [0.5, 0.6) is 0 Å². The van der Waals surface area contributed by atoms with E-state index in [1.807, 2.05) is 30.3 Å². The molecule has 0 unspecified atom stereocenters. The Hall–Kier alpha value is -3.74. The fourth-order valence-corrected chi connectivity index (χ4v) is 2.74. The van der Waals surface area contributed by atoms with Crippen LogP contribution < -0.4 is 16.6 Å². The van der Waals surface area contributed by atoms with E-state index in [1.54, 1.807) is 24.3 Å². The SMILES string of the molecule is CC(=O)c1ccc(NC(=O)Cn2c(=O)ccn(Cc3ccccc3)c2=O)cc1. The van der Waals surface area contributed by atoms with Crippen molar-refractivity contribution >= 4 is 17.4 Å². The maximum absolute atomic E-state index is 12.6. The molecule has 7 heteroatoms. The van der Waals surface area contributed by atoms with Crippen molar-refractivity contribution in [2.75, 3.05) is 5.32 Å². The highest BCUT2D eigenvalue weighted by molar-refractivity contribution is 5.95. The summed E-state index contributed by atoms with van der Waals surface area (Å²) in [7, 11) is 0. The van der Waals surface area contributed by atoms with Crippen molar-refractivity contribution in [1.29, 1.82) is 0 Å². The summed E-state index contributed by atoms with van der Waals surface area (Å²) in [6.45, 7) is 1.35. The third-order valence-electron chi connectivity index (χ3n) is 4.21. The number of ketones is 1. The highest BCUT2D eigenvalue weighted by atomic mass is 16.2. The number of hydrogen-bond donors (Lipinski definition) is 1. The first-order valence-electron chi connectivity index (χ1n) is 8.69. The number of anilines is 1. The zero-order chi connectivity index (χ0) is 20.1. The monoisotopic (exact) mass is 377 g/mol. The number of amides is 1. The van der Waals surface area contributed by atoms with Crippen molar-refractivity contribution in [1.82, 2.24) is 9.13 Å². The van der Waals surface area contributed by atoms with Crippen molar-refractivity contribution in [3.8, 4) is 0 Å². The minimum atomic E-state index is -0.557. The van der Waals surface area contributed by atoms with E-state index in [4.69, 9.17) is 0 Å². The number of Topliss-reactive ketones (excluding diaryl/α,β-unsaturated/α-hetero) is 1. The van der Waals surface area contributed by atoms with E-state index < -0.39 is 23.7 Å². The van der Waals surface area contributed by atoms with Crippen LogP contribution in [-0.4, -0.2) is 20.8 Å². The maximum Gasteiger partial charge on any atom is 0.331 e. The Labute approximate surface area is 160 Å². The van der Waals surface area contributed by atoms with Crippen LogP contribution >= 0.6 is 0 Å². The van der Waals surface area contributed by atoms with Crippen LogP contribution in [0.3, 0.4) is 0 Å². The predicted molar refractivity (Wildman–Crippen MR) is 106 cm³/mol. The van der Waals surface area contributed by atoms with Gasteiger partial charge >= 0.3 is 5.69 Å². The standard InChI is InChI=1S/C21H19N3O4/c1-15(25)17-7-9-18(10-8-17)22-19(26)14-24-20(27)11-12-23(21(24)28)13-16-5-3-2-4-6-16/h2-12H,13-14H2,1H3,(H,22,26). The van der Waals surface area contributed by atoms with Gasteiger partial charge in [-0.15, -0.1) is 0 Å². The predicted octanol–water partition coefficient (Wildman–Crippen LogP) is 1.90. The van der Waals surface area contributed by atoms with Gasteiger partial charge in [-0.1, -0.05) is 30.3 Å². The van der Waals surface area contributed by atoms with E-state index in [2.05, 4.69) is 5.32 Å². The van der Waals surface area contributed by atoms with Gasteiger partial charge in [0, 0.05) is 23.5 Å². The second-order valence-electron chi connectivity index (χ2n) is 6.32. The molecule has 0 atom stereocenters. The average Bonchev–Trinajstić information content (AvgIpc) is 2.68. The Morgan fingerprint density at radius 1 is 0.929 bits per heavy atom. The van der Waals surface area contributed by atoms with E-state index in [0.717, 1.165) is 10.1 Å². The number of hydrogen-bond acceptors (Lipinski definition) is 4. The van der Waals surface area contributed by atoms with Crippen LogP contribution in [0.25, 0.3) is 0 Å². The fraction of sp³-hybridized carbons (Fsp3) is 0.143. The van der Waals surface area contributed by atoms with Gasteiger partial charge in [-0.25, -0.2) is 4.79 Å². The Morgan fingerprint density at radius 3 is 2.25 bits per heavy atom. The van der Waals surface area contributed by atoms with Crippen LogP contribution in [0.1, 0.15) is 22.8 Å². The lowest BCUT2D eigenvalue weighted by Crippen LogP contribution is -2.41. The smallest absolute Gasteiger partial charge is 0.325 e. The van der Waals surface area contributed by atoms with Gasteiger partial charge in [-0.3, -0.25) is 23.5 Å². The summed E-state index contributed by atoms with van der Waals surface area (Å²) in [4.78, 5) is 48.3. The van der Waals surface area contributed by atoms with Gasteiger partial charge in [0.15, 0.2) is 5.78 Å². The number of benzene rings is 2. The van der Waals surface area contributed by atoms with E-state index in [0.29, 0.717) is 17.8 Å². The molecule has 2 aromatic carbocycles. The van der Waals surface area contributed by atoms with E-state index in [-0.39, 0.29) is 5.78 Å². The number of aromatic nitrogens is 2. The van der Waals surface area contributed by atoms with Crippen LogP contribution in [0.15, 0.2) is 76.4 Å². The number of nitrogens with zero attached hydrogens (tertiary/aromatic N) is 2. The van der Waals surface area contributed by atoms with Crippen molar-refractivity contribution in [2.45, 2.75) is 20.0 Å². The van der Waals surface area contributed by atoms with Gasteiger partial charge in [0.2, 0.25) is 5.91 Å². The van der Waals surface area contributed by atoms with Gasteiger partial charge in [-0.2, -0.15) is 0 Å². The minimum Gasteiger partial charge on any atom is -0.325 e. The molecule has 0 saturated heterocycles. The van der Waals surface area contributed by atoms with E-state index >= 15 is 0 Å². The van der Waals surface area contributed by atoms with Crippen molar-refractivity contribution in [3.63, 3.8) is 0 Å². The molecule has 0 fully saturated rings. The maximum atomic E-state index is 12.6. The summed E-state index contributed by atoms with van der Waals surface area (Å²) in [5.41, 5.74) is 0.810. The summed E-state index contributed by atoms with van der Waals surface area (Å²) in [5.74, 6) is -0.583. The molecule has 0 radical (unpaired) electrons. The molecule has 1 heterocycles. The highest BCUT2D eigenvalue weighted by Crippen LogP contribution is 2.10. The number of carbonyl (C=O) groups is 2. The van der Waals surface area contributed by atoms with Gasteiger partial charge in [0.05, 0.1) is 6.54 Å². The molecule has 0 aliphatic rings. The number of nitrogens with one attached hydrogen (secondary N) is 1. The lowest BCUT2D eigenvalue weighted by atomic mass is 10.1. The van der Waals surface area contributed by atoms with Gasteiger partial charge < -0.3 is 5.32 Å². The summed E-state index contributed by atoms with van der Waals surface area (Å²) in [5, 5.41) is 2.62. The molecular formula is C21H19N3O4. The third-order valence-corrected chi connectivity index (χ3v) is 4.21. The summed E-state index contributed by atoms with van der Waals surface area (Å²) >= 11 is 0. The Kier molecular flexibility index (Phi) is 5.64. The highest BCUT2D eigenvalue weighted by Gasteiger charge is 2.11. The lowest BCUT2D eigenvalue weighted by Gasteiger charge is -2.10. The molecule has 3 aromatic rings. The van der Waals surface area contributed by atoms with Crippen molar-refractivity contribution in [2.24, 2.45) is 0 Å². The molecule has 0 aliphatic carbocycles. The number of carbonyl (C=O) groups excluding carboxylic acids is 2. The topological polar surface area (TPSA) is 90.2 Å². The van der Waals surface area contributed by atoms with Gasteiger partial charge in [0.25, 0.3) is 5.56 Å². The summed E-state index contributed by atoms with van der Waals surface area (Å²) in [6, 6.07) is 17.0. The second kappa shape index (κ2) is 8.30. The van der Waals surface area contributed by atoms with E-state index in [1.165, 1.54) is 23.8 Å². The molecule has 1 N–H and O–H groups in total. The molecule has 28 heavy (non-hydrogen) atoms. The van der Waals surface area contributed by atoms with E-state index in [9.17, 15) is 19.2 Å². The average molecular weight is 377 g/mol. The van der Waals surface area contributed by atoms with Crippen LogP contribution in [0.4, 0.5) is 5.69 Å². The van der Waals surface area contributed by atoms with Crippen LogP contribution in [0.2, 0.25) is 0 Å². The first-order chi connectivity index (χ1) is 13.4. The fourth-order valence-electron chi connectivity index (χ4n) is 2.74. The summed E-state index contributed by atoms with van der Waals surface area (Å²) in [6.07, 6.45) is 1.42. The third kappa shape index (κ3) is 4.50.